The van der Waals surface area contributed by atoms with Gasteiger partial charge < -0.3 is 24.3 Å². The fourth-order valence-corrected chi connectivity index (χ4v) is 3.78. The van der Waals surface area contributed by atoms with Crippen LogP contribution in [0.15, 0.2) is 29.8 Å². The minimum atomic E-state index is -0.563. The van der Waals surface area contributed by atoms with E-state index in [1.165, 1.54) is 11.1 Å². The standard InChI is InChI=1S/C16H15NO5/c18-16-21-14-4-9-10(6-17-11(9)5-15(14)22-16)8-1-2-12-13(3-8)20-7-19-12/h1-4,10-11,14-15,17H,5-7H2/t10-,11-,14-,15+/m1/s1. The van der Waals surface area contributed by atoms with Crippen LogP contribution < -0.4 is 14.8 Å². The van der Waals surface area contributed by atoms with E-state index in [9.17, 15) is 4.79 Å². The number of carbonyl (C=O) groups excluding carboxylic acids is 1. The first-order valence-corrected chi connectivity index (χ1v) is 7.50. The van der Waals surface area contributed by atoms with E-state index in [-0.39, 0.29) is 31.0 Å². The molecule has 0 saturated carbocycles. The zero-order chi connectivity index (χ0) is 14.7. The SMILES string of the molecule is O=C1O[C@H]2C[C@H]3NC[C@H](c4ccc5c(c4)OCO5)C3=C[C@H]2O1. The van der Waals surface area contributed by atoms with Gasteiger partial charge in [0.2, 0.25) is 6.79 Å². The van der Waals surface area contributed by atoms with Gasteiger partial charge in [-0.25, -0.2) is 4.79 Å². The van der Waals surface area contributed by atoms with Crippen molar-refractivity contribution in [2.24, 2.45) is 0 Å². The maximum absolute atomic E-state index is 11.3. The van der Waals surface area contributed by atoms with Gasteiger partial charge in [0, 0.05) is 24.9 Å². The molecule has 4 atom stereocenters. The minimum Gasteiger partial charge on any atom is -0.454 e. The Morgan fingerprint density at radius 2 is 2.05 bits per heavy atom. The van der Waals surface area contributed by atoms with Crippen molar-refractivity contribution in [3.05, 3.63) is 35.4 Å². The first-order valence-electron chi connectivity index (χ1n) is 7.50. The van der Waals surface area contributed by atoms with E-state index in [0.29, 0.717) is 0 Å². The van der Waals surface area contributed by atoms with E-state index in [4.69, 9.17) is 18.9 Å². The molecule has 0 unspecified atom stereocenters. The van der Waals surface area contributed by atoms with Crippen LogP contribution >= 0.6 is 0 Å². The molecule has 1 aliphatic carbocycles. The molecular formula is C16H15NO5. The first-order chi connectivity index (χ1) is 10.8. The molecule has 3 heterocycles. The van der Waals surface area contributed by atoms with Gasteiger partial charge in [0.05, 0.1) is 0 Å². The number of carbonyl (C=O) groups is 1. The highest BCUT2D eigenvalue weighted by Crippen LogP contribution is 2.42. The van der Waals surface area contributed by atoms with Gasteiger partial charge in [-0.05, 0) is 29.3 Å². The van der Waals surface area contributed by atoms with Crippen molar-refractivity contribution in [3.63, 3.8) is 0 Å². The van der Waals surface area contributed by atoms with Crippen LogP contribution in [0, 0.1) is 0 Å². The normalized spacial score (nSPS) is 34.5. The maximum Gasteiger partial charge on any atom is 0.509 e. The lowest BCUT2D eigenvalue weighted by atomic mass is 9.83. The highest BCUT2D eigenvalue weighted by molar-refractivity contribution is 5.63. The van der Waals surface area contributed by atoms with Crippen LogP contribution in [0.1, 0.15) is 17.9 Å². The second kappa shape index (κ2) is 4.39. The number of hydrogen-bond donors (Lipinski definition) is 1. The monoisotopic (exact) mass is 301 g/mol. The van der Waals surface area contributed by atoms with Crippen molar-refractivity contribution in [1.82, 2.24) is 5.32 Å². The van der Waals surface area contributed by atoms with Crippen molar-refractivity contribution in [1.29, 1.82) is 0 Å². The molecule has 1 aromatic rings. The molecule has 22 heavy (non-hydrogen) atoms. The summed E-state index contributed by atoms with van der Waals surface area (Å²) in [4.78, 5) is 11.3. The van der Waals surface area contributed by atoms with Crippen LogP contribution in [0.5, 0.6) is 11.5 Å². The molecule has 1 aromatic carbocycles. The highest BCUT2D eigenvalue weighted by atomic mass is 16.8. The van der Waals surface area contributed by atoms with Gasteiger partial charge in [-0.3, -0.25) is 0 Å². The number of rotatable bonds is 1. The molecule has 0 bridgehead atoms. The maximum atomic E-state index is 11.3. The van der Waals surface area contributed by atoms with E-state index in [1.807, 2.05) is 12.1 Å². The predicted molar refractivity (Wildman–Crippen MR) is 74.9 cm³/mol. The quantitative estimate of drug-likeness (QED) is 0.629. The summed E-state index contributed by atoms with van der Waals surface area (Å²) in [6, 6.07) is 6.31. The van der Waals surface area contributed by atoms with Crippen LogP contribution in [0.2, 0.25) is 0 Å². The Hall–Kier alpha value is -2.21. The molecule has 6 nitrogen and oxygen atoms in total. The van der Waals surface area contributed by atoms with Gasteiger partial charge >= 0.3 is 6.16 Å². The lowest BCUT2D eigenvalue weighted by Crippen LogP contribution is -2.36. The van der Waals surface area contributed by atoms with Crippen molar-refractivity contribution in [3.8, 4) is 11.5 Å². The fraction of sp³-hybridized carbons (Fsp3) is 0.438. The topological polar surface area (TPSA) is 66.0 Å². The van der Waals surface area contributed by atoms with E-state index < -0.39 is 6.16 Å². The van der Waals surface area contributed by atoms with Gasteiger partial charge in [-0.2, -0.15) is 0 Å². The smallest absolute Gasteiger partial charge is 0.454 e. The Labute approximate surface area is 127 Å². The third-order valence-electron chi connectivity index (χ3n) is 4.84. The summed E-state index contributed by atoms with van der Waals surface area (Å²) in [5, 5.41) is 3.52. The summed E-state index contributed by atoms with van der Waals surface area (Å²) in [6.45, 7) is 1.15. The Bertz CT molecular complexity index is 685. The Kier molecular flexibility index (Phi) is 2.47. The van der Waals surface area contributed by atoms with E-state index >= 15 is 0 Å². The minimum absolute atomic E-state index is 0.163. The molecule has 114 valence electrons. The first kappa shape index (κ1) is 12.3. The average Bonchev–Trinajstić information content (AvgIpc) is 3.19. The molecule has 5 rings (SSSR count). The highest BCUT2D eigenvalue weighted by Gasteiger charge is 2.45. The molecule has 0 aromatic heterocycles. The average molecular weight is 301 g/mol. The lowest BCUT2D eigenvalue weighted by Gasteiger charge is -2.26. The number of fused-ring (bicyclic) bond motifs is 3. The Balaban J connectivity index is 1.49. The van der Waals surface area contributed by atoms with Gasteiger partial charge in [0.1, 0.15) is 6.10 Å². The van der Waals surface area contributed by atoms with Crippen LogP contribution in [0.4, 0.5) is 4.79 Å². The molecule has 0 spiro atoms. The van der Waals surface area contributed by atoms with Crippen LogP contribution in [0.3, 0.4) is 0 Å². The van der Waals surface area contributed by atoms with Crippen LogP contribution in [-0.2, 0) is 9.47 Å². The summed E-state index contributed by atoms with van der Waals surface area (Å²) in [6.07, 6.45) is 1.84. The second-order valence-electron chi connectivity index (χ2n) is 6.02. The molecule has 1 N–H and O–H groups in total. The molecule has 4 aliphatic rings. The van der Waals surface area contributed by atoms with E-state index in [0.717, 1.165) is 24.5 Å². The van der Waals surface area contributed by atoms with Crippen molar-refractivity contribution in [2.45, 2.75) is 30.6 Å². The molecule has 2 fully saturated rings. The van der Waals surface area contributed by atoms with Crippen molar-refractivity contribution >= 4 is 6.16 Å². The molecule has 6 heteroatoms. The summed E-state index contributed by atoms with van der Waals surface area (Å²) in [5.41, 5.74) is 2.47. The van der Waals surface area contributed by atoms with E-state index in [2.05, 4.69) is 17.5 Å². The lowest BCUT2D eigenvalue weighted by molar-refractivity contribution is 0.114. The van der Waals surface area contributed by atoms with E-state index in [1.54, 1.807) is 0 Å². The molecular weight excluding hydrogens is 286 g/mol. The van der Waals surface area contributed by atoms with Crippen LogP contribution in [-0.4, -0.2) is 37.7 Å². The van der Waals surface area contributed by atoms with Gasteiger partial charge in [-0.1, -0.05) is 6.07 Å². The summed E-state index contributed by atoms with van der Waals surface area (Å²) in [7, 11) is 0. The Morgan fingerprint density at radius 1 is 1.14 bits per heavy atom. The Morgan fingerprint density at radius 3 is 3.00 bits per heavy atom. The fourth-order valence-electron chi connectivity index (χ4n) is 3.78. The predicted octanol–water partition coefficient (Wildman–Crippen LogP) is 1.70. The molecule has 3 aliphatic heterocycles. The summed E-state index contributed by atoms with van der Waals surface area (Å²) >= 11 is 0. The second-order valence-corrected chi connectivity index (χ2v) is 6.02. The molecule has 2 saturated heterocycles. The zero-order valence-corrected chi connectivity index (χ0v) is 11.8. The van der Waals surface area contributed by atoms with Gasteiger partial charge in [-0.15, -0.1) is 0 Å². The number of nitrogens with one attached hydrogen (secondary N) is 1. The van der Waals surface area contributed by atoms with Gasteiger partial charge in [0.25, 0.3) is 0 Å². The third-order valence-corrected chi connectivity index (χ3v) is 4.84. The third kappa shape index (κ3) is 1.73. The largest absolute Gasteiger partial charge is 0.509 e. The summed E-state index contributed by atoms with van der Waals surface area (Å²) in [5.74, 6) is 1.85. The van der Waals surface area contributed by atoms with Crippen molar-refractivity contribution < 1.29 is 23.7 Å². The molecule has 0 radical (unpaired) electrons. The number of benzene rings is 1. The van der Waals surface area contributed by atoms with Crippen molar-refractivity contribution in [2.75, 3.05) is 13.3 Å². The number of hydrogen-bond acceptors (Lipinski definition) is 6. The van der Waals surface area contributed by atoms with Gasteiger partial charge in [0.15, 0.2) is 17.6 Å². The van der Waals surface area contributed by atoms with Crippen LogP contribution in [0.25, 0.3) is 0 Å². The zero-order valence-electron chi connectivity index (χ0n) is 11.8. The summed E-state index contributed by atoms with van der Waals surface area (Å²) < 4.78 is 21.2. The molecule has 0 amide bonds. The number of ether oxygens (including phenoxy) is 4.